The first-order chi connectivity index (χ1) is 22.1. The van der Waals surface area contributed by atoms with Gasteiger partial charge >= 0.3 is 5.97 Å². The number of carbonyl (C=O) groups is 1. The molecule has 0 radical (unpaired) electrons. The molecule has 1 atom stereocenters. The van der Waals surface area contributed by atoms with Gasteiger partial charge in [-0.1, -0.05) is 57.1 Å². The van der Waals surface area contributed by atoms with E-state index in [2.05, 4.69) is 36.9 Å². The normalized spacial score (nSPS) is 14.4. The molecule has 1 aliphatic heterocycles. The molecule has 3 aromatic carbocycles. The van der Waals surface area contributed by atoms with Gasteiger partial charge in [-0.15, -0.1) is 0 Å². The first-order valence-electron chi connectivity index (χ1n) is 14.0. The highest BCUT2D eigenvalue weighted by molar-refractivity contribution is 9.10. The van der Waals surface area contributed by atoms with Crippen LogP contribution >= 0.6 is 54.8 Å². The standard InChI is InChI=1S/C33H29Br2ClN2O7S/c1-6-44-32(40)28-17(2)37-33-38(29(28)20-14-24(41-3)25(42-4)15-21(20)34)31(39)27(46-33)13-18-11-22(35)30(26(12-18)43-5)45-16-19-9-7-8-10-23(19)36/h7-15,29H,6,16H2,1-5H3/b27-13-/t29-/m1/s1. The van der Waals surface area contributed by atoms with Crippen molar-refractivity contribution in [3.05, 3.63) is 110 Å². The summed E-state index contributed by atoms with van der Waals surface area (Å²) in [6.07, 6.45) is 1.75. The number of aromatic nitrogens is 1. The molecular weight excluding hydrogens is 764 g/mol. The van der Waals surface area contributed by atoms with Crippen molar-refractivity contribution in [1.82, 2.24) is 4.57 Å². The number of allylic oxidation sites excluding steroid dienone is 1. The number of nitrogens with zero attached hydrogens (tertiary/aromatic N) is 2. The lowest BCUT2D eigenvalue weighted by molar-refractivity contribution is -0.139. The molecule has 0 saturated heterocycles. The zero-order chi connectivity index (χ0) is 33.1. The first-order valence-corrected chi connectivity index (χ1v) is 16.7. The van der Waals surface area contributed by atoms with Crippen LogP contribution in [0.4, 0.5) is 0 Å². The van der Waals surface area contributed by atoms with Gasteiger partial charge in [0.1, 0.15) is 6.61 Å². The number of ether oxygens (including phenoxy) is 5. The minimum absolute atomic E-state index is 0.161. The summed E-state index contributed by atoms with van der Waals surface area (Å²) in [5.74, 6) is 1.32. The fraction of sp³-hybridized carbons (Fsp3) is 0.242. The number of fused-ring (bicyclic) bond motifs is 1. The molecule has 5 rings (SSSR count). The molecule has 0 bridgehead atoms. The van der Waals surface area contributed by atoms with E-state index in [0.29, 0.717) is 63.1 Å². The Morgan fingerprint density at radius 2 is 1.72 bits per heavy atom. The van der Waals surface area contributed by atoms with E-state index in [0.717, 1.165) is 5.56 Å². The van der Waals surface area contributed by atoms with Crippen molar-refractivity contribution in [1.29, 1.82) is 0 Å². The van der Waals surface area contributed by atoms with E-state index in [1.807, 2.05) is 24.3 Å². The molecule has 9 nitrogen and oxygen atoms in total. The lowest BCUT2D eigenvalue weighted by Crippen LogP contribution is -2.40. The summed E-state index contributed by atoms with van der Waals surface area (Å²) >= 11 is 14.7. The van der Waals surface area contributed by atoms with E-state index >= 15 is 0 Å². The third kappa shape index (κ3) is 6.62. The molecule has 1 aliphatic rings. The Labute approximate surface area is 290 Å². The third-order valence-corrected chi connectivity index (χ3v) is 9.82. The quantitative estimate of drug-likeness (QED) is 0.168. The Morgan fingerprint density at radius 3 is 2.39 bits per heavy atom. The SMILES string of the molecule is CCOC(=O)C1=C(C)N=c2s/c(=C\c3cc(Br)c(OCc4ccccc4Cl)c(OC)c3)c(=O)n2[C@@H]1c1cc(OC)c(OC)cc1Br. The van der Waals surface area contributed by atoms with Crippen LogP contribution in [0.2, 0.25) is 5.02 Å². The highest BCUT2D eigenvalue weighted by Gasteiger charge is 2.35. The highest BCUT2D eigenvalue weighted by Crippen LogP contribution is 2.41. The van der Waals surface area contributed by atoms with Crippen molar-refractivity contribution in [2.45, 2.75) is 26.5 Å². The number of rotatable bonds is 10. The van der Waals surface area contributed by atoms with E-state index in [1.165, 1.54) is 30.1 Å². The number of benzene rings is 3. The Hall–Kier alpha value is -3.58. The van der Waals surface area contributed by atoms with Crippen molar-refractivity contribution in [3.63, 3.8) is 0 Å². The molecule has 0 saturated carbocycles. The molecule has 0 unspecified atom stereocenters. The van der Waals surface area contributed by atoms with Gasteiger partial charge in [0.2, 0.25) is 0 Å². The number of methoxy groups -OCH3 is 3. The summed E-state index contributed by atoms with van der Waals surface area (Å²) in [7, 11) is 4.60. The van der Waals surface area contributed by atoms with E-state index in [4.69, 9.17) is 35.3 Å². The largest absolute Gasteiger partial charge is 0.493 e. The predicted molar refractivity (Wildman–Crippen MR) is 184 cm³/mol. The summed E-state index contributed by atoms with van der Waals surface area (Å²) in [6, 6.07) is 13.7. The monoisotopic (exact) mass is 790 g/mol. The average Bonchev–Trinajstić information content (AvgIpc) is 3.33. The van der Waals surface area contributed by atoms with Gasteiger partial charge in [0, 0.05) is 15.1 Å². The summed E-state index contributed by atoms with van der Waals surface area (Å²) in [6.45, 7) is 3.85. The average molecular weight is 793 g/mol. The van der Waals surface area contributed by atoms with Crippen LogP contribution in [0, 0.1) is 0 Å². The number of carbonyl (C=O) groups excluding carboxylic acids is 1. The molecule has 0 spiro atoms. The number of thiazole rings is 1. The van der Waals surface area contributed by atoms with Crippen molar-refractivity contribution >= 4 is 66.8 Å². The second-order valence-electron chi connectivity index (χ2n) is 9.95. The maximum Gasteiger partial charge on any atom is 0.338 e. The molecule has 2 heterocycles. The van der Waals surface area contributed by atoms with Crippen LogP contribution in [0.15, 0.2) is 78.5 Å². The van der Waals surface area contributed by atoms with Crippen molar-refractivity contribution < 1.29 is 28.5 Å². The van der Waals surface area contributed by atoms with Crippen molar-refractivity contribution in [2.24, 2.45) is 4.99 Å². The second kappa shape index (κ2) is 14.5. The summed E-state index contributed by atoms with van der Waals surface area (Å²) < 4.78 is 31.3. The zero-order valence-corrected chi connectivity index (χ0v) is 30.2. The maximum atomic E-state index is 14.2. The van der Waals surface area contributed by atoms with E-state index in [1.54, 1.807) is 51.3 Å². The summed E-state index contributed by atoms with van der Waals surface area (Å²) in [5, 5.41) is 0.601. The molecule has 240 valence electrons. The third-order valence-electron chi connectivity index (χ3n) is 7.19. The molecule has 1 aromatic heterocycles. The van der Waals surface area contributed by atoms with Crippen molar-refractivity contribution in [3.8, 4) is 23.0 Å². The van der Waals surface area contributed by atoms with Crippen LogP contribution in [-0.2, 0) is 16.1 Å². The lowest BCUT2D eigenvalue weighted by Gasteiger charge is -2.26. The van der Waals surface area contributed by atoms with E-state index in [-0.39, 0.29) is 24.3 Å². The molecule has 0 fully saturated rings. The van der Waals surface area contributed by atoms with Crippen LogP contribution < -0.4 is 33.8 Å². The molecule has 4 aromatic rings. The summed E-state index contributed by atoms with van der Waals surface area (Å²) in [4.78, 5) is 32.6. The lowest BCUT2D eigenvalue weighted by atomic mass is 9.95. The van der Waals surface area contributed by atoms with Gasteiger partial charge in [-0.3, -0.25) is 9.36 Å². The van der Waals surface area contributed by atoms with E-state index < -0.39 is 12.0 Å². The van der Waals surface area contributed by atoms with Crippen LogP contribution in [0.5, 0.6) is 23.0 Å². The second-order valence-corrected chi connectivity index (χ2v) is 13.1. The van der Waals surface area contributed by atoms with E-state index in [9.17, 15) is 9.59 Å². The zero-order valence-electron chi connectivity index (χ0n) is 25.5. The highest BCUT2D eigenvalue weighted by atomic mass is 79.9. The minimum Gasteiger partial charge on any atom is -0.493 e. The number of halogens is 3. The van der Waals surface area contributed by atoms with Gasteiger partial charge in [-0.2, -0.15) is 0 Å². The molecule has 0 amide bonds. The van der Waals surface area contributed by atoms with Gasteiger partial charge in [0.25, 0.3) is 5.56 Å². The maximum absolute atomic E-state index is 14.2. The van der Waals surface area contributed by atoms with Crippen LogP contribution in [0.25, 0.3) is 6.08 Å². The predicted octanol–water partition coefficient (Wildman–Crippen LogP) is 6.58. The Kier molecular flexibility index (Phi) is 10.6. The topological polar surface area (TPSA) is 97.6 Å². The Bertz CT molecular complexity index is 2040. The molecule has 46 heavy (non-hydrogen) atoms. The van der Waals surface area contributed by atoms with Crippen LogP contribution in [-0.4, -0.2) is 38.5 Å². The molecule has 0 aliphatic carbocycles. The first kappa shape index (κ1) is 33.8. The van der Waals surface area contributed by atoms with Gasteiger partial charge in [-0.05, 0) is 77.3 Å². The Morgan fingerprint density at radius 1 is 1.02 bits per heavy atom. The fourth-order valence-corrected chi connectivity index (χ4v) is 7.40. The van der Waals surface area contributed by atoms with Crippen molar-refractivity contribution in [2.75, 3.05) is 27.9 Å². The molecule has 13 heteroatoms. The molecule has 0 N–H and O–H groups in total. The number of esters is 1. The molecular formula is C33H29Br2ClN2O7S. The fourth-order valence-electron chi connectivity index (χ4n) is 5.05. The van der Waals surface area contributed by atoms with Gasteiger partial charge in [0.05, 0.1) is 54.3 Å². The summed E-state index contributed by atoms with van der Waals surface area (Å²) in [5.41, 5.74) is 2.48. The Balaban J connectivity index is 1.63. The van der Waals surface area contributed by atoms with Gasteiger partial charge in [0.15, 0.2) is 27.8 Å². The van der Waals surface area contributed by atoms with Gasteiger partial charge < -0.3 is 23.7 Å². The van der Waals surface area contributed by atoms with Crippen LogP contribution in [0.3, 0.4) is 0 Å². The van der Waals surface area contributed by atoms with Crippen LogP contribution in [0.1, 0.15) is 36.6 Å². The van der Waals surface area contributed by atoms with Gasteiger partial charge in [-0.25, -0.2) is 9.79 Å². The number of hydrogen-bond acceptors (Lipinski definition) is 9. The smallest absolute Gasteiger partial charge is 0.338 e. The minimum atomic E-state index is -0.853. The number of hydrogen-bond donors (Lipinski definition) is 0.